The average Bonchev–Trinajstić information content (AvgIpc) is 2.64. The zero-order valence-corrected chi connectivity index (χ0v) is 14.3. The van der Waals surface area contributed by atoms with Gasteiger partial charge in [-0.25, -0.2) is 4.98 Å². The molecule has 1 amide bonds. The van der Waals surface area contributed by atoms with Crippen LogP contribution in [-0.2, 0) is 4.79 Å². The molecule has 5 nitrogen and oxygen atoms in total. The fourth-order valence-electron chi connectivity index (χ4n) is 3.00. The number of nitrogens with one attached hydrogen (secondary N) is 1. The van der Waals surface area contributed by atoms with Gasteiger partial charge in [-0.2, -0.15) is 0 Å². The molecule has 0 bridgehead atoms. The summed E-state index contributed by atoms with van der Waals surface area (Å²) in [7, 11) is 0. The first-order valence-corrected chi connectivity index (χ1v) is 8.41. The largest absolute Gasteiger partial charge is 0.354 e. The molecule has 1 fully saturated rings. The van der Waals surface area contributed by atoms with Gasteiger partial charge in [-0.15, -0.1) is 0 Å². The summed E-state index contributed by atoms with van der Waals surface area (Å²) in [4.78, 5) is 21.4. The van der Waals surface area contributed by atoms with Crippen molar-refractivity contribution in [2.75, 3.05) is 36.4 Å². The minimum absolute atomic E-state index is 0.0515. The molecular weight excluding hydrogens is 300 g/mol. The van der Waals surface area contributed by atoms with Crippen molar-refractivity contribution in [1.29, 1.82) is 0 Å². The van der Waals surface area contributed by atoms with E-state index in [-0.39, 0.29) is 11.9 Å². The predicted molar refractivity (Wildman–Crippen MR) is 97.3 cm³/mol. The Morgan fingerprint density at radius 2 is 1.79 bits per heavy atom. The van der Waals surface area contributed by atoms with E-state index in [0.29, 0.717) is 0 Å². The van der Waals surface area contributed by atoms with Crippen molar-refractivity contribution in [2.45, 2.75) is 19.9 Å². The van der Waals surface area contributed by atoms with Crippen LogP contribution in [0.15, 0.2) is 48.7 Å². The van der Waals surface area contributed by atoms with Gasteiger partial charge >= 0.3 is 0 Å². The van der Waals surface area contributed by atoms with Crippen molar-refractivity contribution < 1.29 is 4.79 Å². The van der Waals surface area contributed by atoms with Crippen LogP contribution in [0, 0.1) is 6.92 Å². The summed E-state index contributed by atoms with van der Waals surface area (Å²) in [5.41, 5.74) is 1.97. The van der Waals surface area contributed by atoms with Crippen LogP contribution in [0.1, 0.15) is 12.5 Å². The Balaban J connectivity index is 1.56. The van der Waals surface area contributed by atoms with E-state index in [1.807, 2.05) is 62.5 Å². The molecule has 1 aromatic carbocycles. The van der Waals surface area contributed by atoms with Gasteiger partial charge in [-0.05, 0) is 37.6 Å². The maximum absolute atomic E-state index is 12.5. The van der Waals surface area contributed by atoms with Crippen LogP contribution in [0.25, 0.3) is 0 Å². The summed E-state index contributed by atoms with van der Waals surface area (Å²) in [5.74, 6) is 1.06. The van der Waals surface area contributed by atoms with E-state index in [9.17, 15) is 4.79 Å². The van der Waals surface area contributed by atoms with Gasteiger partial charge in [0, 0.05) is 38.1 Å². The molecule has 2 heterocycles. The maximum atomic E-state index is 12.5. The maximum Gasteiger partial charge on any atom is 0.241 e. The van der Waals surface area contributed by atoms with Crippen molar-refractivity contribution in [3.63, 3.8) is 0 Å². The van der Waals surface area contributed by atoms with Crippen molar-refractivity contribution in [1.82, 2.24) is 9.88 Å². The molecular formula is C19H24N4O. The van der Waals surface area contributed by atoms with Crippen LogP contribution >= 0.6 is 0 Å². The van der Waals surface area contributed by atoms with Gasteiger partial charge in [0.1, 0.15) is 5.82 Å². The fraction of sp³-hybridized carbons (Fsp3) is 0.368. The van der Waals surface area contributed by atoms with E-state index < -0.39 is 0 Å². The van der Waals surface area contributed by atoms with E-state index in [0.717, 1.165) is 43.2 Å². The molecule has 24 heavy (non-hydrogen) atoms. The van der Waals surface area contributed by atoms with Crippen molar-refractivity contribution in [3.05, 3.63) is 54.2 Å². The molecule has 1 aliphatic heterocycles. The Kier molecular flexibility index (Phi) is 5.11. The Morgan fingerprint density at radius 1 is 1.08 bits per heavy atom. The fourth-order valence-corrected chi connectivity index (χ4v) is 3.00. The number of aromatic nitrogens is 1. The number of amides is 1. The number of piperazine rings is 1. The molecule has 126 valence electrons. The Bertz CT molecular complexity index is 681. The first-order chi connectivity index (χ1) is 11.6. The summed E-state index contributed by atoms with van der Waals surface area (Å²) >= 11 is 0. The molecule has 0 radical (unpaired) electrons. The number of rotatable bonds is 4. The number of anilines is 2. The lowest BCUT2D eigenvalue weighted by molar-refractivity contribution is -0.120. The topological polar surface area (TPSA) is 48.5 Å². The first-order valence-electron chi connectivity index (χ1n) is 8.41. The molecule has 1 atom stereocenters. The summed E-state index contributed by atoms with van der Waals surface area (Å²) in [6.07, 6.45) is 1.82. The Morgan fingerprint density at radius 3 is 2.46 bits per heavy atom. The smallest absolute Gasteiger partial charge is 0.241 e. The summed E-state index contributed by atoms with van der Waals surface area (Å²) in [6, 6.07) is 13.7. The molecule has 2 aromatic rings. The van der Waals surface area contributed by atoms with Gasteiger partial charge in [-0.1, -0.05) is 24.3 Å². The number of pyridine rings is 1. The summed E-state index contributed by atoms with van der Waals surface area (Å²) in [6.45, 7) is 7.48. The van der Waals surface area contributed by atoms with Crippen molar-refractivity contribution in [3.8, 4) is 0 Å². The molecule has 1 N–H and O–H groups in total. The van der Waals surface area contributed by atoms with Crippen LogP contribution in [0.4, 0.5) is 11.5 Å². The van der Waals surface area contributed by atoms with Gasteiger partial charge in [-0.3, -0.25) is 9.69 Å². The number of carbonyl (C=O) groups excluding carboxylic acids is 1. The van der Waals surface area contributed by atoms with Gasteiger partial charge < -0.3 is 10.2 Å². The van der Waals surface area contributed by atoms with Gasteiger partial charge in [0.15, 0.2) is 0 Å². The number of hydrogen-bond acceptors (Lipinski definition) is 4. The second kappa shape index (κ2) is 7.45. The summed E-state index contributed by atoms with van der Waals surface area (Å²) < 4.78 is 0. The van der Waals surface area contributed by atoms with E-state index in [4.69, 9.17) is 0 Å². The number of hydrogen-bond donors (Lipinski definition) is 1. The molecule has 0 aliphatic carbocycles. The number of benzene rings is 1. The summed E-state index contributed by atoms with van der Waals surface area (Å²) in [5, 5.41) is 3.04. The highest BCUT2D eigenvalue weighted by molar-refractivity contribution is 5.95. The second-order valence-electron chi connectivity index (χ2n) is 6.19. The van der Waals surface area contributed by atoms with Crippen molar-refractivity contribution >= 4 is 17.4 Å². The molecule has 5 heteroatoms. The Hall–Kier alpha value is -2.40. The SMILES string of the molecule is Cc1ccccc1NC(=O)C(C)N1CCN(c2ccccn2)CC1. The van der Waals surface area contributed by atoms with Crippen LogP contribution in [0.3, 0.4) is 0 Å². The predicted octanol–water partition coefficient (Wildman–Crippen LogP) is 2.54. The lowest BCUT2D eigenvalue weighted by atomic mass is 10.1. The van der Waals surface area contributed by atoms with Crippen LogP contribution in [0.5, 0.6) is 0 Å². The van der Waals surface area contributed by atoms with Crippen molar-refractivity contribution in [2.24, 2.45) is 0 Å². The standard InChI is InChI=1S/C19H24N4O/c1-15-7-3-4-8-17(15)21-19(24)16(2)22-11-13-23(14-12-22)18-9-5-6-10-20-18/h3-10,16H,11-14H2,1-2H3,(H,21,24). The van der Waals surface area contributed by atoms with Crippen LogP contribution < -0.4 is 10.2 Å². The van der Waals surface area contributed by atoms with E-state index in [1.165, 1.54) is 0 Å². The second-order valence-corrected chi connectivity index (χ2v) is 6.19. The zero-order valence-electron chi connectivity index (χ0n) is 14.3. The lowest BCUT2D eigenvalue weighted by Gasteiger charge is -2.38. The number of aryl methyl sites for hydroxylation is 1. The highest BCUT2D eigenvalue weighted by Gasteiger charge is 2.26. The monoisotopic (exact) mass is 324 g/mol. The zero-order chi connectivity index (χ0) is 16.9. The number of para-hydroxylation sites is 1. The van der Waals surface area contributed by atoms with E-state index in [2.05, 4.69) is 20.1 Å². The third-order valence-electron chi connectivity index (χ3n) is 4.62. The molecule has 1 aromatic heterocycles. The molecule has 0 saturated carbocycles. The van der Waals surface area contributed by atoms with E-state index >= 15 is 0 Å². The minimum Gasteiger partial charge on any atom is -0.354 e. The number of carbonyl (C=O) groups is 1. The van der Waals surface area contributed by atoms with Gasteiger partial charge in [0.2, 0.25) is 5.91 Å². The third kappa shape index (κ3) is 3.74. The Labute approximate surface area is 143 Å². The molecule has 1 aliphatic rings. The van der Waals surface area contributed by atoms with Gasteiger partial charge in [0.05, 0.1) is 6.04 Å². The van der Waals surface area contributed by atoms with Crippen LogP contribution in [-0.4, -0.2) is 48.0 Å². The normalized spacial score (nSPS) is 16.7. The first kappa shape index (κ1) is 16.5. The molecule has 1 saturated heterocycles. The quantitative estimate of drug-likeness (QED) is 0.939. The molecule has 1 unspecified atom stereocenters. The van der Waals surface area contributed by atoms with Gasteiger partial charge in [0.25, 0.3) is 0 Å². The number of nitrogens with zero attached hydrogens (tertiary/aromatic N) is 3. The highest BCUT2D eigenvalue weighted by Crippen LogP contribution is 2.17. The minimum atomic E-state index is -0.143. The van der Waals surface area contributed by atoms with Crippen LogP contribution in [0.2, 0.25) is 0 Å². The average molecular weight is 324 g/mol. The lowest BCUT2D eigenvalue weighted by Crippen LogP contribution is -2.53. The molecule has 3 rings (SSSR count). The highest BCUT2D eigenvalue weighted by atomic mass is 16.2. The van der Waals surface area contributed by atoms with E-state index in [1.54, 1.807) is 0 Å². The molecule has 0 spiro atoms. The third-order valence-corrected chi connectivity index (χ3v) is 4.62.